The molecule has 0 radical (unpaired) electrons. The Morgan fingerprint density at radius 2 is 2.14 bits per heavy atom. The zero-order valence-electron chi connectivity index (χ0n) is 11.9. The quantitative estimate of drug-likeness (QED) is 0.595. The van der Waals surface area contributed by atoms with Crippen LogP contribution >= 0.6 is 0 Å². The molecule has 8 heteroatoms. The van der Waals surface area contributed by atoms with E-state index in [1.807, 2.05) is 6.07 Å². The standard InChI is InChI=1S/C13H19N5O3/c1-10(2-5-13(19)20)14-15-11-3-4-12(17-16-11)18-6-8-21-9-7-18/h3-4H,2,5-9H2,1H3,(H,15,16)(H,19,20)/b14-10-. The van der Waals surface area contributed by atoms with Gasteiger partial charge in [-0.3, -0.25) is 10.2 Å². The predicted octanol–water partition coefficient (Wildman–Crippen LogP) is 0.966. The number of hydrogen-bond donors (Lipinski definition) is 2. The van der Waals surface area contributed by atoms with Crippen LogP contribution in [0.5, 0.6) is 0 Å². The van der Waals surface area contributed by atoms with Crippen molar-refractivity contribution in [1.29, 1.82) is 0 Å². The fourth-order valence-corrected chi connectivity index (χ4v) is 1.84. The zero-order valence-corrected chi connectivity index (χ0v) is 11.9. The van der Waals surface area contributed by atoms with Crippen LogP contribution in [0, 0.1) is 0 Å². The number of carbonyl (C=O) groups is 1. The molecule has 0 spiro atoms. The number of anilines is 2. The smallest absolute Gasteiger partial charge is 0.303 e. The Labute approximate surface area is 122 Å². The van der Waals surface area contributed by atoms with Crippen molar-refractivity contribution in [3.63, 3.8) is 0 Å². The average molecular weight is 293 g/mol. The van der Waals surface area contributed by atoms with Crippen LogP contribution in [0.25, 0.3) is 0 Å². The van der Waals surface area contributed by atoms with Crippen LogP contribution in [0.3, 0.4) is 0 Å². The van der Waals surface area contributed by atoms with Gasteiger partial charge >= 0.3 is 5.97 Å². The molecule has 0 unspecified atom stereocenters. The van der Waals surface area contributed by atoms with Crippen molar-refractivity contribution >= 4 is 23.3 Å². The molecule has 1 saturated heterocycles. The summed E-state index contributed by atoms with van der Waals surface area (Å²) in [7, 11) is 0. The maximum atomic E-state index is 10.5. The van der Waals surface area contributed by atoms with Gasteiger partial charge in [-0.2, -0.15) is 5.10 Å². The van der Waals surface area contributed by atoms with Crippen molar-refractivity contribution in [2.75, 3.05) is 36.6 Å². The van der Waals surface area contributed by atoms with E-state index in [9.17, 15) is 4.79 Å². The van der Waals surface area contributed by atoms with Crippen molar-refractivity contribution in [2.24, 2.45) is 5.10 Å². The Kier molecular flexibility index (Phi) is 5.44. The Morgan fingerprint density at radius 3 is 2.76 bits per heavy atom. The molecule has 0 atom stereocenters. The second-order valence-electron chi connectivity index (χ2n) is 4.73. The van der Waals surface area contributed by atoms with Gasteiger partial charge in [0, 0.05) is 18.8 Å². The first-order valence-corrected chi connectivity index (χ1v) is 6.82. The lowest BCUT2D eigenvalue weighted by Gasteiger charge is -2.27. The SMILES string of the molecule is C/C(CCC(=O)O)=N/Nc1ccc(N2CCOCC2)nn1. The maximum Gasteiger partial charge on any atom is 0.303 e. The van der Waals surface area contributed by atoms with E-state index in [2.05, 4.69) is 25.6 Å². The number of carboxylic acids is 1. The second-order valence-corrected chi connectivity index (χ2v) is 4.73. The Hall–Kier alpha value is -2.22. The van der Waals surface area contributed by atoms with Gasteiger partial charge in [-0.25, -0.2) is 0 Å². The van der Waals surface area contributed by atoms with Crippen LogP contribution in [-0.4, -0.2) is 53.3 Å². The van der Waals surface area contributed by atoms with E-state index in [4.69, 9.17) is 9.84 Å². The van der Waals surface area contributed by atoms with E-state index in [0.29, 0.717) is 31.2 Å². The van der Waals surface area contributed by atoms with E-state index < -0.39 is 5.97 Å². The first kappa shape index (κ1) is 15.2. The Morgan fingerprint density at radius 1 is 1.38 bits per heavy atom. The largest absolute Gasteiger partial charge is 0.481 e. The molecule has 114 valence electrons. The van der Waals surface area contributed by atoms with E-state index in [-0.39, 0.29) is 6.42 Å². The molecular formula is C13H19N5O3. The topological polar surface area (TPSA) is 99.9 Å². The molecule has 2 N–H and O–H groups in total. The van der Waals surface area contributed by atoms with E-state index in [1.165, 1.54) is 0 Å². The number of aromatic nitrogens is 2. The number of ether oxygens (including phenoxy) is 1. The molecular weight excluding hydrogens is 274 g/mol. The van der Waals surface area contributed by atoms with Crippen LogP contribution in [0.4, 0.5) is 11.6 Å². The highest BCUT2D eigenvalue weighted by atomic mass is 16.5. The number of aliphatic carboxylic acids is 1. The third kappa shape index (κ3) is 4.99. The van der Waals surface area contributed by atoms with Gasteiger partial charge in [0.25, 0.3) is 0 Å². The molecule has 21 heavy (non-hydrogen) atoms. The molecule has 8 nitrogen and oxygen atoms in total. The monoisotopic (exact) mass is 293 g/mol. The minimum atomic E-state index is -0.834. The van der Waals surface area contributed by atoms with Gasteiger partial charge in [0.2, 0.25) is 0 Å². The number of hydrazone groups is 1. The third-order valence-electron chi connectivity index (χ3n) is 3.05. The van der Waals surface area contributed by atoms with Crippen LogP contribution < -0.4 is 10.3 Å². The van der Waals surface area contributed by atoms with Crippen molar-refractivity contribution in [3.05, 3.63) is 12.1 Å². The van der Waals surface area contributed by atoms with Crippen molar-refractivity contribution in [3.8, 4) is 0 Å². The molecule has 2 rings (SSSR count). The van der Waals surface area contributed by atoms with Crippen LogP contribution in [-0.2, 0) is 9.53 Å². The summed E-state index contributed by atoms with van der Waals surface area (Å²) in [6.45, 7) is 4.80. The van der Waals surface area contributed by atoms with Crippen molar-refractivity contribution < 1.29 is 14.6 Å². The summed E-state index contributed by atoms with van der Waals surface area (Å²) in [5.41, 5.74) is 3.48. The molecule has 1 aliphatic heterocycles. The average Bonchev–Trinajstić information content (AvgIpc) is 2.52. The summed E-state index contributed by atoms with van der Waals surface area (Å²) in [5, 5.41) is 20.9. The molecule has 0 bridgehead atoms. The van der Waals surface area contributed by atoms with Gasteiger partial charge in [0.05, 0.1) is 19.6 Å². The van der Waals surface area contributed by atoms with Crippen LogP contribution in [0.15, 0.2) is 17.2 Å². The number of nitrogens with zero attached hydrogens (tertiary/aromatic N) is 4. The highest BCUT2D eigenvalue weighted by Crippen LogP contribution is 2.13. The molecule has 1 aromatic heterocycles. The highest BCUT2D eigenvalue weighted by molar-refractivity contribution is 5.85. The molecule has 0 amide bonds. The van der Waals surface area contributed by atoms with Crippen LogP contribution in [0.1, 0.15) is 19.8 Å². The van der Waals surface area contributed by atoms with Crippen molar-refractivity contribution in [2.45, 2.75) is 19.8 Å². The summed E-state index contributed by atoms with van der Waals surface area (Å²) in [5.74, 6) is 0.510. The number of morpholine rings is 1. The first-order valence-electron chi connectivity index (χ1n) is 6.82. The molecule has 1 fully saturated rings. The summed E-state index contributed by atoms with van der Waals surface area (Å²) in [6.07, 6.45) is 0.473. The third-order valence-corrected chi connectivity index (χ3v) is 3.05. The van der Waals surface area contributed by atoms with Gasteiger partial charge < -0.3 is 14.7 Å². The maximum absolute atomic E-state index is 10.5. The number of nitrogens with one attached hydrogen (secondary N) is 1. The van der Waals surface area contributed by atoms with E-state index >= 15 is 0 Å². The fourth-order valence-electron chi connectivity index (χ4n) is 1.84. The van der Waals surface area contributed by atoms with Gasteiger partial charge in [-0.1, -0.05) is 0 Å². The predicted molar refractivity (Wildman–Crippen MR) is 78.7 cm³/mol. The summed E-state index contributed by atoms with van der Waals surface area (Å²) >= 11 is 0. The lowest BCUT2D eigenvalue weighted by molar-refractivity contribution is -0.136. The number of rotatable bonds is 6. The highest BCUT2D eigenvalue weighted by Gasteiger charge is 2.12. The fraction of sp³-hybridized carbons (Fsp3) is 0.538. The van der Waals surface area contributed by atoms with Gasteiger partial charge in [-0.05, 0) is 25.5 Å². The van der Waals surface area contributed by atoms with Crippen LogP contribution in [0.2, 0.25) is 0 Å². The Balaban J connectivity index is 1.87. The molecule has 1 aromatic rings. The van der Waals surface area contributed by atoms with Crippen molar-refractivity contribution in [1.82, 2.24) is 10.2 Å². The zero-order chi connectivity index (χ0) is 15.1. The van der Waals surface area contributed by atoms with E-state index in [0.717, 1.165) is 18.9 Å². The van der Waals surface area contributed by atoms with Gasteiger partial charge in [0.15, 0.2) is 11.6 Å². The normalized spacial score (nSPS) is 15.9. The van der Waals surface area contributed by atoms with E-state index in [1.54, 1.807) is 13.0 Å². The molecule has 2 heterocycles. The molecule has 1 aliphatic rings. The van der Waals surface area contributed by atoms with Gasteiger partial charge in [-0.15, -0.1) is 10.2 Å². The second kappa shape index (κ2) is 7.53. The summed E-state index contributed by atoms with van der Waals surface area (Å²) in [4.78, 5) is 12.6. The summed E-state index contributed by atoms with van der Waals surface area (Å²) < 4.78 is 5.29. The molecule has 0 saturated carbocycles. The first-order chi connectivity index (χ1) is 10.1. The number of carboxylic acid groups (broad SMARTS) is 1. The minimum Gasteiger partial charge on any atom is -0.481 e. The summed E-state index contributed by atoms with van der Waals surface area (Å²) in [6, 6.07) is 3.68. The Bertz CT molecular complexity index is 497. The molecule has 0 aliphatic carbocycles. The minimum absolute atomic E-state index is 0.0681. The number of hydrogen-bond acceptors (Lipinski definition) is 7. The van der Waals surface area contributed by atoms with Gasteiger partial charge in [0.1, 0.15) is 0 Å². The lowest BCUT2D eigenvalue weighted by atomic mass is 10.2. The lowest BCUT2D eigenvalue weighted by Crippen LogP contribution is -2.36. The molecule has 0 aromatic carbocycles.